The van der Waals surface area contributed by atoms with Crippen molar-refractivity contribution in [3.8, 4) is 0 Å². The minimum Gasteiger partial charge on any atom is -0.462 e. The summed E-state index contributed by atoms with van der Waals surface area (Å²) in [4.78, 5) is 25.4. The van der Waals surface area contributed by atoms with Gasteiger partial charge in [0.15, 0.2) is 12.4 Å². The summed E-state index contributed by atoms with van der Waals surface area (Å²) in [6, 6.07) is 0. The van der Waals surface area contributed by atoms with Crippen molar-refractivity contribution in [2.75, 3.05) is 19.8 Å². The molecule has 1 aliphatic carbocycles. The van der Waals surface area contributed by atoms with E-state index in [1.165, 1.54) is 116 Å². The molecule has 8 atom stereocenters. The molecule has 56 heavy (non-hydrogen) atoms. The summed E-state index contributed by atoms with van der Waals surface area (Å²) in [6.07, 6.45) is 29.7. The molecule has 1 heterocycles. The highest BCUT2D eigenvalue weighted by Gasteiger charge is 2.44. The standard InChI is InChI=1S/C46H84O10/c1-3-5-7-9-10-11-12-13-14-15-16-17-20-24-28-32-42(49)55-39(36-54-46-45(52)44(51)43(50)40(34-47)56-46)35-53-41(48)31-27-23-21-18-19-22-26-30-38-33-37(38)29-25-8-6-4-2/h13-14,37-40,43-47,50-52H,3-12,15-36H2,1-2H3/b14-13-/t37-,38+,39+,40+,43+,44-,45+,46-/m0/s1. The van der Waals surface area contributed by atoms with Gasteiger partial charge >= 0.3 is 11.9 Å². The van der Waals surface area contributed by atoms with Crippen LogP contribution >= 0.6 is 0 Å². The first-order valence-electron chi connectivity index (χ1n) is 23.2. The number of allylic oxidation sites excluding steroid dienone is 2. The Balaban J connectivity index is 1.61. The lowest BCUT2D eigenvalue weighted by atomic mass is 9.99. The van der Waals surface area contributed by atoms with E-state index in [1.807, 2.05) is 0 Å². The SMILES string of the molecule is CCCCCCCC/C=C\CCCCCCCC(=O)O[C@H](COC(=O)CCCCCCCCC[C@@H]1C[C@@H]1CCCCCC)CO[C@H]1O[C@H](CO)[C@@H](O)[C@H](O)[C@H]1O. The van der Waals surface area contributed by atoms with Crippen LogP contribution in [0.4, 0.5) is 0 Å². The summed E-state index contributed by atoms with van der Waals surface area (Å²) in [5.41, 5.74) is 0. The third kappa shape index (κ3) is 24.4. The van der Waals surface area contributed by atoms with Gasteiger partial charge in [-0.2, -0.15) is 0 Å². The lowest BCUT2D eigenvalue weighted by Crippen LogP contribution is -2.59. The number of unbranched alkanes of at least 4 members (excludes halogenated alkanes) is 20. The first-order chi connectivity index (χ1) is 27.3. The van der Waals surface area contributed by atoms with E-state index >= 15 is 0 Å². The molecule has 0 unspecified atom stereocenters. The number of carbonyl (C=O) groups is 2. The number of ether oxygens (including phenoxy) is 4. The third-order valence-electron chi connectivity index (χ3n) is 11.6. The van der Waals surface area contributed by atoms with E-state index in [4.69, 9.17) is 18.9 Å². The Bertz CT molecular complexity index is 989. The fourth-order valence-corrected chi connectivity index (χ4v) is 7.78. The van der Waals surface area contributed by atoms with Crippen LogP contribution in [-0.2, 0) is 28.5 Å². The molecular formula is C46H84O10. The first-order valence-corrected chi connectivity index (χ1v) is 23.2. The van der Waals surface area contributed by atoms with Crippen molar-refractivity contribution in [2.24, 2.45) is 11.8 Å². The summed E-state index contributed by atoms with van der Waals surface area (Å²) >= 11 is 0. The van der Waals surface area contributed by atoms with Crippen molar-refractivity contribution in [1.29, 1.82) is 0 Å². The molecule has 328 valence electrons. The molecule has 0 bridgehead atoms. The van der Waals surface area contributed by atoms with Crippen LogP contribution in [0.25, 0.3) is 0 Å². The second-order valence-electron chi connectivity index (χ2n) is 16.8. The van der Waals surface area contributed by atoms with Crippen molar-refractivity contribution in [3.05, 3.63) is 12.2 Å². The highest BCUT2D eigenvalue weighted by Crippen LogP contribution is 2.45. The first kappa shape index (κ1) is 50.6. The van der Waals surface area contributed by atoms with Crippen LogP contribution in [0, 0.1) is 11.8 Å². The smallest absolute Gasteiger partial charge is 0.306 e. The number of aliphatic hydroxyl groups excluding tert-OH is 4. The molecular weight excluding hydrogens is 712 g/mol. The van der Waals surface area contributed by atoms with Crippen LogP contribution < -0.4 is 0 Å². The third-order valence-corrected chi connectivity index (χ3v) is 11.6. The molecule has 1 saturated heterocycles. The van der Waals surface area contributed by atoms with Crippen molar-refractivity contribution < 1.29 is 49.0 Å². The molecule has 10 nitrogen and oxygen atoms in total. The van der Waals surface area contributed by atoms with Crippen molar-refractivity contribution in [2.45, 2.75) is 237 Å². The fraction of sp³-hybridized carbons (Fsp3) is 0.913. The number of hydrogen-bond acceptors (Lipinski definition) is 10. The summed E-state index contributed by atoms with van der Waals surface area (Å²) in [5, 5.41) is 40.1. The predicted octanol–water partition coefficient (Wildman–Crippen LogP) is 9.41. The lowest BCUT2D eigenvalue weighted by Gasteiger charge is -2.39. The maximum Gasteiger partial charge on any atom is 0.306 e. The molecule has 0 aromatic carbocycles. The monoisotopic (exact) mass is 797 g/mol. The summed E-state index contributed by atoms with van der Waals surface area (Å²) in [5.74, 6) is 1.19. The van der Waals surface area contributed by atoms with Crippen molar-refractivity contribution in [3.63, 3.8) is 0 Å². The van der Waals surface area contributed by atoms with Crippen LogP contribution in [0.5, 0.6) is 0 Å². The van der Waals surface area contributed by atoms with Crippen LogP contribution in [0.3, 0.4) is 0 Å². The zero-order valence-corrected chi connectivity index (χ0v) is 35.6. The van der Waals surface area contributed by atoms with Crippen LogP contribution in [0.2, 0.25) is 0 Å². The van der Waals surface area contributed by atoms with Crippen LogP contribution in [-0.4, -0.2) is 89.0 Å². The van der Waals surface area contributed by atoms with E-state index in [2.05, 4.69) is 26.0 Å². The lowest BCUT2D eigenvalue weighted by molar-refractivity contribution is -0.305. The van der Waals surface area contributed by atoms with Crippen molar-refractivity contribution in [1.82, 2.24) is 0 Å². The summed E-state index contributed by atoms with van der Waals surface area (Å²) in [6.45, 7) is 3.45. The molecule has 1 saturated carbocycles. The van der Waals surface area contributed by atoms with Gasteiger partial charge in [0.1, 0.15) is 31.0 Å². The maximum absolute atomic E-state index is 12.8. The Labute approximate surface area is 340 Å². The molecule has 2 aliphatic rings. The predicted molar refractivity (Wildman–Crippen MR) is 222 cm³/mol. The summed E-state index contributed by atoms with van der Waals surface area (Å²) < 4.78 is 22.2. The largest absolute Gasteiger partial charge is 0.462 e. The Morgan fingerprint density at radius 3 is 1.64 bits per heavy atom. The van der Waals surface area contributed by atoms with Gasteiger partial charge in [-0.1, -0.05) is 154 Å². The Kier molecular flexibility index (Phi) is 30.1. The van der Waals surface area contributed by atoms with E-state index < -0.39 is 49.4 Å². The van der Waals surface area contributed by atoms with Crippen molar-refractivity contribution >= 4 is 11.9 Å². The van der Waals surface area contributed by atoms with Crippen LogP contribution in [0.1, 0.15) is 200 Å². The van der Waals surface area contributed by atoms with E-state index in [1.54, 1.807) is 0 Å². The average Bonchev–Trinajstić information content (AvgIpc) is 3.95. The van der Waals surface area contributed by atoms with E-state index in [0.29, 0.717) is 6.42 Å². The van der Waals surface area contributed by atoms with E-state index in [9.17, 15) is 30.0 Å². The van der Waals surface area contributed by atoms with Gasteiger partial charge in [-0.3, -0.25) is 9.59 Å². The van der Waals surface area contributed by atoms with E-state index in [-0.39, 0.29) is 32.0 Å². The highest BCUT2D eigenvalue weighted by molar-refractivity contribution is 5.70. The molecule has 2 fully saturated rings. The van der Waals surface area contributed by atoms with Gasteiger partial charge in [0, 0.05) is 12.8 Å². The number of rotatable bonds is 37. The molecule has 0 amide bonds. The zero-order chi connectivity index (χ0) is 40.6. The highest BCUT2D eigenvalue weighted by atomic mass is 16.7. The number of carbonyl (C=O) groups excluding carboxylic acids is 2. The Morgan fingerprint density at radius 1 is 0.607 bits per heavy atom. The normalized spacial score (nSPS) is 24.1. The second-order valence-corrected chi connectivity index (χ2v) is 16.8. The van der Waals surface area contributed by atoms with Gasteiger partial charge in [-0.15, -0.1) is 0 Å². The molecule has 0 aromatic rings. The number of esters is 2. The minimum atomic E-state index is -1.59. The van der Waals surface area contributed by atoms with Crippen LogP contribution in [0.15, 0.2) is 12.2 Å². The quantitative estimate of drug-likeness (QED) is 0.0272. The zero-order valence-electron chi connectivity index (χ0n) is 35.6. The van der Waals surface area contributed by atoms with Gasteiger partial charge in [0.05, 0.1) is 13.2 Å². The van der Waals surface area contributed by atoms with Gasteiger partial charge in [-0.25, -0.2) is 0 Å². The Hall–Kier alpha value is -1.56. The average molecular weight is 797 g/mol. The second kappa shape index (κ2) is 33.3. The van der Waals surface area contributed by atoms with Gasteiger partial charge < -0.3 is 39.4 Å². The molecule has 1 aliphatic heterocycles. The molecule has 0 spiro atoms. The Morgan fingerprint density at radius 2 is 1.09 bits per heavy atom. The number of hydrogen-bond donors (Lipinski definition) is 4. The molecule has 0 aromatic heterocycles. The van der Waals surface area contributed by atoms with Gasteiger partial charge in [0.25, 0.3) is 0 Å². The minimum absolute atomic E-state index is 0.213. The van der Waals surface area contributed by atoms with Gasteiger partial charge in [0.2, 0.25) is 0 Å². The fourth-order valence-electron chi connectivity index (χ4n) is 7.78. The van der Waals surface area contributed by atoms with Gasteiger partial charge in [-0.05, 0) is 56.8 Å². The van der Waals surface area contributed by atoms with E-state index in [0.717, 1.165) is 63.2 Å². The molecule has 2 rings (SSSR count). The number of aliphatic hydroxyl groups is 4. The molecule has 0 radical (unpaired) electrons. The molecule has 10 heteroatoms. The molecule has 4 N–H and O–H groups in total. The maximum atomic E-state index is 12.8. The topological polar surface area (TPSA) is 152 Å². The summed E-state index contributed by atoms with van der Waals surface area (Å²) in [7, 11) is 0.